The monoisotopic (exact) mass is 316 g/mol. The number of hydrogen-bond acceptors (Lipinski definition) is 5. The number of aliphatic hydroxyl groups is 1. The Morgan fingerprint density at radius 1 is 1.22 bits per heavy atom. The number of aliphatic hydroxyl groups excluding tert-OH is 1. The number of hydrogen-bond donors (Lipinski definition) is 4. The van der Waals surface area contributed by atoms with E-state index in [1.54, 1.807) is 6.07 Å². The second kappa shape index (κ2) is 8.17. The van der Waals surface area contributed by atoms with Gasteiger partial charge in [0.15, 0.2) is 0 Å². The molecule has 23 heavy (non-hydrogen) atoms. The first-order valence-electron chi connectivity index (χ1n) is 7.27. The molecule has 0 unspecified atom stereocenters. The fraction of sp³-hybridized carbons (Fsp3) is 0.235. The summed E-state index contributed by atoms with van der Waals surface area (Å²) in [6.45, 7) is 1.29. The van der Waals surface area contributed by atoms with Crippen LogP contribution in [0.4, 0.5) is 0 Å². The van der Waals surface area contributed by atoms with Crippen molar-refractivity contribution in [2.75, 3.05) is 19.7 Å². The van der Waals surface area contributed by atoms with Crippen LogP contribution in [-0.2, 0) is 0 Å². The number of ether oxygens (including phenoxy) is 1. The van der Waals surface area contributed by atoms with E-state index in [2.05, 4.69) is 5.32 Å². The van der Waals surface area contributed by atoms with Gasteiger partial charge in [-0.05, 0) is 23.8 Å². The quantitative estimate of drug-likeness (QED) is 0.548. The van der Waals surface area contributed by atoms with E-state index in [1.165, 1.54) is 12.1 Å². The summed E-state index contributed by atoms with van der Waals surface area (Å²) in [5.74, 6) is -0.437. The van der Waals surface area contributed by atoms with Crippen molar-refractivity contribution in [1.82, 2.24) is 5.32 Å². The Morgan fingerprint density at radius 2 is 1.96 bits per heavy atom. The normalized spacial score (nSPS) is 11.9. The molecule has 0 bridgehead atoms. The Morgan fingerprint density at radius 3 is 2.65 bits per heavy atom. The number of carbonyl (C=O) groups is 1. The number of benzene rings is 2. The molecule has 6 nitrogen and oxygen atoms in total. The van der Waals surface area contributed by atoms with E-state index in [0.29, 0.717) is 25.4 Å². The van der Waals surface area contributed by atoms with E-state index in [1.807, 2.05) is 30.3 Å². The molecule has 0 aromatic heterocycles. The van der Waals surface area contributed by atoms with Gasteiger partial charge in [0.1, 0.15) is 18.1 Å². The lowest BCUT2D eigenvalue weighted by molar-refractivity contribution is 0.0997. The van der Waals surface area contributed by atoms with Crippen LogP contribution in [0.2, 0.25) is 0 Å². The molecule has 2 rings (SSSR count). The van der Waals surface area contributed by atoms with Crippen molar-refractivity contribution in [2.45, 2.75) is 6.10 Å². The molecule has 0 spiro atoms. The second-order valence-corrected chi connectivity index (χ2v) is 5.02. The highest BCUT2D eigenvalue weighted by Crippen LogP contribution is 2.22. The minimum Gasteiger partial charge on any atom is -0.507 e. The molecule has 0 aliphatic carbocycles. The van der Waals surface area contributed by atoms with Crippen molar-refractivity contribution in [1.29, 1.82) is 0 Å². The molecule has 1 amide bonds. The highest BCUT2D eigenvalue weighted by Gasteiger charge is 2.09. The third kappa shape index (κ3) is 4.98. The number of nitrogens with one attached hydrogen (secondary N) is 1. The number of primary amides is 1. The molecule has 2 aromatic carbocycles. The van der Waals surface area contributed by atoms with Crippen LogP contribution >= 0.6 is 0 Å². The Hall–Kier alpha value is -2.57. The van der Waals surface area contributed by atoms with Gasteiger partial charge in [0.05, 0.1) is 11.7 Å². The first-order valence-corrected chi connectivity index (χ1v) is 7.27. The van der Waals surface area contributed by atoms with Crippen LogP contribution in [0.1, 0.15) is 22.0 Å². The predicted octanol–water partition coefficient (Wildman–Crippen LogP) is 1.19. The molecule has 122 valence electrons. The van der Waals surface area contributed by atoms with Gasteiger partial charge in [0, 0.05) is 13.1 Å². The van der Waals surface area contributed by atoms with E-state index in [0.717, 1.165) is 5.56 Å². The maximum absolute atomic E-state index is 11.1. The number of amides is 1. The molecular weight excluding hydrogens is 296 g/mol. The van der Waals surface area contributed by atoms with Gasteiger partial charge in [0.25, 0.3) is 5.91 Å². The third-order valence-corrected chi connectivity index (χ3v) is 3.30. The maximum atomic E-state index is 11.1. The van der Waals surface area contributed by atoms with Crippen LogP contribution in [0.15, 0.2) is 48.5 Å². The van der Waals surface area contributed by atoms with Gasteiger partial charge in [-0.25, -0.2) is 0 Å². The van der Waals surface area contributed by atoms with Crippen molar-refractivity contribution in [3.05, 3.63) is 59.7 Å². The van der Waals surface area contributed by atoms with E-state index in [-0.39, 0.29) is 11.3 Å². The summed E-state index contributed by atoms with van der Waals surface area (Å²) in [7, 11) is 0. The topological polar surface area (TPSA) is 105 Å². The summed E-state index contributed by atoms with van der Waals surface area (Å²) < 4.78 is 5.48. The Kier molecular flexibility index (Phi) is 5.96. The van der Waals surface area contributed by atoms with Crippen LogP contribution in [-0.4, -0.2) is 35.8 Å². The SMILES string of the molecule is NC(=O)c1cc(OCCNC[C@H](O)c2ccccc2)ccc1O. The fourth-order valence-corrected chi connectivity index (χ4v) is 2.08. The predicted molar refractivity (Wildman–Crippen MR) is 86.4 cm³/mol. The third-order valence-electron chi connectivity index (χ3n) is 3.30. The Balaban J connectivity index is 1.73. The van der Waals surface area contributed by atoms with Crippen molar-refractivity contribution in [2.24, 2.45) is 5.73 Å². The minimum atomic E-state index is -0.711. The molecule has 0 aliphatic heterocycles. The van der Waals surface area contributed by atoms with Crippen LogP contribution in [0, 0.1) is 0 Å². The van der Waals surface area contributed by atoms with Crippen molar-refractivity contribution >= 4 is 5.91 Å². The second-order valence-electron chi connectivity index (χ2n) is 5.02. The molecule has 0 saturated carbocycles. The van der Waals surface area contributed by atoms with Crippen molar-refractivity contribution < 1.29 is 19.7 Å². The van der Waals surface area contributed by atoms with Crippen LogP contribution in [0.5, 0.6) is 11.5 Å². The lowest BCUT2D eigenvalue weighted by Gasteiger charge is -2.13. The highest BCUT2D eigenvalue weighted by molar-refractivity contribution is 5.95. The van der Waals surface area contributed by atoms with Crippen molar-refractivity contribution in [3.8, 4) is 11.5 Å². The Labute approximate surface area is 134 Å². The van der Waals surface area contributed by atoms with Crippen molar-refractivity contribution in [3.63, 3.8) is 0 Å². The molecule has 0 heterocycles. The van der Waals surface area contributed by atoms with Crippen LogP contribution in [0.25, 0.3) is 0 Å². The summed E-state index contributed by atoms with van der Waals surface area (Å²) in [4.78, 5) is 11.1. The minimum absolute atomic E-state index is 0.0231. The molecule has 0 aliphatic rings. The maximum Gasteiger partial charge on any atom is 0.252 e. The van der Waals surface area contributed by atoms with Crippen LogP contribution in [0.3, 0.4) is 0 Å². The zero-order valence-electron chi connectivity index (χ0n) is 12.6. The highest BCUT2D eigenvalue weighted by atomic mass is 16.5. The summed E-state index contributed by atoms with van der Waals surface area (Å²) in [6, 6.07) is 13.7. The standard InChI is InChI=1S/C17H20N2O4/c18-17(22)14-10-13(6-7-15(14)20)23-9-8-19-11-16(21)12-4-2-1-3-5-12/h1-7,10,16,19-21H,8-9,11H2,(H2,18,22)/t16-/m0/s1. The number of aromatic hydroxyl groups is 1. The molecule has 2 aromatic rings. The van der Waals surface area contributed by atoms with E-state index < -0.39 is 12.0 Å². The first-order chi connectivity index (χ1) is 11.1. The van der Waals surface area contributed by atoms with Gasteiger partial charge < -0.3 is 26.0 Å². The Bertz CT molecular complexity index is 646. The lowest BCUT2D eigenvalue weighted by Crippen LogP contribution is -2.26. The average molecular weight is 316 g/mol. The molecule has 5 N–H and O–H groups in total. The number of phenols is 1. The van der Waals surface area contributed by atoms with Gasteiger partial charge in [-0.15, -0.1) is 0 Å². The summed E-state index contributed by atoms with van der Waals surface area (Å²) in [6.07, 6.45) is -0.577. The number of rotatable bonds is 8. The molecule has 0 saturated heterocycles. The van der Waals surface area contributed by atoms with Gasteiger partial charge in [-0.2, -0.15) is 0 Å². The van der Waals surface area contributed by atoms with E-state index >= 15 is 0 Å². The summed E-state index contributed by atoms with van der Waals surface area (Å²) >= 11 is 0. The van der Waals surface area contributed by atoms with E-state index in [9.17, 15) is 15.0 Å². The molecule has 0 fully saturated rings. The molecule has 1 atom stereocenters. The zero-order chi connectivity index (χ0) is 16.7. The first kappa shape index (κ1) is 16.8. The summed E-state index contributed by atoms with van der Waals surface area (Å²) in [5, 5.41) is 22.6. The molecular formula is C17H20N2O4. The number of nitrogens with two attached hydrogens (primary N) is 1. The number of carbonyl (C=O) groups excluding carboxylic acids is 1. The summed E-state index contributed by atoms with van der Waals surface area (Å²) in [5.41, 5.74) is 6.03. The zero-order valence-corrected chi connectivity index (χ0v) is 12.6. The smallest absolute Gasteiger partial charge is 0.252 e. The molecule has 6 heteroatoms. The van der Waals surface area contributed by atoms with Gasteiger partial charge in [0.2, 0.25) is 0 Å². The lowest BCUT2D eigenvalue weighted by atomic mass is 10.1. The van der Waals surface area contributed by atoms with Crippen LogP contribution < -0.4 is 15.8 Å². The fourth-order valence-electron chi connectivity index (χ4n) is 2.08. The molecule has 0 radical (unpaired) electrons. The average Bonchev–Trinajstić information content (AvgIpc) is 2.56. The van der Waals surface area contributed by atoms with Gasteiger partial charge in [-0.1, -0.05) is 30.3 Å². The van der Waals surface area contributed by atoms with E-state index in [4.69, 9.17) is 10.5 Å². The van der Waals surface area contributed by atoms with Gasteiger partial charge >= 0.3 is 0 Å². The largest absolute Gasteiger partial charge is 0.507 e. The van der Waals surface area contributed by atoms with Gasteiger partial charge in [-0.3, -0.25) is 4.79 Å².